The highest BCUT2D eigenvalue weighted by Gasteiger charge is 2.48. The third-order valence-corrected chi connectivity index (χ3v) is 8.24. The first-order valence-electron chi connectivity index (χ1n) is 14.2. The van der Waals surface area contributed by atoms with Crippen LogP contribution in [0.4, 0.5) is 4.79 Å². The van der Waals surface area contributed by atoms with E-state index in [-0.39, 0.29) is 44.7 Å². The number of unbranched alkanes of at least 4 members (excludes halogenated alkanes) is 1. The van der Waals surface area contributed by atoms with Gasteiger partial charge in [0, 0.05) is 64.7 Å². The van der Waals surface area contributed by atoms with E-state index in [0.29, 0.717) is 55.4 Å². The van der Waals surface area contributed by atoms with Crippen LogP contribution in [0.25, 0.3) is 0 Å². The predicted molar refractivity (Wildman–Crippen MR) is 148 cm³/mol. The van der Waals surface area contributed by atoms with Gasteiger partial charge in [0.15, 0.2) is 11.5 Å². The number of methoxy groups -OCH3 is 1. The molecule has 1 unspecified atom stereocenters. The molecule has 13 heteroatoms. The zero-order chi connectivity index (χ0) is 29.7. The number of carboxylic acids is 1. The fourth-order valence-electron chi connectivity index (χ4n) is 6.00. The molecule has 4 rings (SSSR count). The van der Waals surface area contributed by atoms with Gasteiger partial charge in [-0.05, 0) is 30.5 Å². The van der Waals surface area contributed by atoms with E-state index in [4.69, 9.17) is 19.9 Å². The Morgan fingerprint density at radius 3 is 2.68 bits per heavy atom. The first kappa shape index (κ1) is 30.4. The molecule has 13 nitrogen and oxygen atoms in total. The molecule has 41 heavy (non-hydrogen) atoms. The monoisotopic (exact) mass is 575 g/mol. The van der Waals surface area contributed by atoms with Gasteiger partial charge in [-0.25, -0.2) is 4.79 Å². The van der Waals surface area contributed by atoms with Gasteiger partial charge in [-0.1, -0.05) is 13.3 Å². The lowest BCUT2D eigenvalue weighted by Crippen LogP contribution is -2.52. The maximum Gasteiger partial charge on any atom is 0.326 e. The number of hydrogen-bond donors (Lipinski definition) is 2. The molecule has 226 valence electrons. The van der Waals surface area contributed by atoms with E-state index in [9.17, 15) is 24.3 Å². The number of carboxylic acid groups (broad SMARTS) is 1. The number of urea groups is 1. The summed E-state index contributed by atoms with van der Waals surface area (Å²) in [5.74, 6) is -1.29. The topological polar surface area (TPSA) is 155 Å². The van der Waals surface area contributed by atoms with Crippen molar-refractivity contribution in [1.29, 1.82) is 0 Å². The number of fused-ring (bicyclic) bond motifs is 1. The summed E-state index contributed by atoms with van der Waals surface area (Å²) >= 11 is 0. The van der Waals surface area contributed by atoms with Crippen LogP contribution in [0.2, 0.25) is 0 Å². The molecule has 0 bridgehead atoms. The van der Waals surface area contributed by atoms with E-state index < -0.39 is 29.9 Å². The van der Waals surface area contributed by atoms with Crippen molar-refractivity contribution in [3.8, 4) is 17.2 Å². The number of ether oxygens (including phenoxy) is 3. The Morgan fingerprint density at radius 1 is 1.22 bits per heavy atom. The smallest absolute Gasteiger partial charge is 0.326 e. The average molecular weight is 576 g/mol. The van der Waals surface area contributed by atoms with Crippen LogP contribution in [0.3, 0.4) is 0 Å². The molecule has 3 atom stereocenters. The van der Waals surface area contributed by atoms with Crippen LogP contribution in [-0.4, -0.2) is 121 Å². The summed E-state index contributed by atoms with van der Waals surface area (Å²) in [7, 11) is 2.96. The number of nitrogens with two attached hydrogens (primary N) is 1. The van der Waals surface area contributed by atoms with Gasteiger partial charge < -0.3 is 34.9 Å². The Kier molecular flexibility index (Phi) is 9.92. The summed E-state index contributed by atoms with van der Waals surface area (Å²) in [5.41, 5.74) is 6.50. The Balaban J connectivity index is 1.63. The summed E-state index contributed by atoms with van der Waals surface area (Å²) in [6, 6.07) is 2.61. The molecule has 0 spiro atoms. The van der Waals surface area contributed by atoms with E-state index >= 15 is 0 Å². The summed E-state index contributed by atoms with van der Waals surface area (Å²) in [6.07, 6.45) is 2.30. The van der Waals surface area contributed by atoms with Crippen LogP contribution in [0.1, 0.15) is 44.1 Å². The Bertz CT molecular complexity index is 1150. The third kappa shape index (κ3) is 6.51. The number of aliphatic carboxylic acids is 1. The lowest BCUT2D eigenvalue weighted by atomic mass is 9.84. The van der Waals surface area contributed by atoms with Crippen molar-refractivity contribution in [2.75, 3.05) is 66.8 Å². The normalized spacial score (nSPS) is 22.4. The minimum atomic E-state index is -0.992. The number of imide groups is 1. The molecule has 1 aromatic carbocycles. The van der Waals surface area contributed by atoms with Crippen molar-refractivity contribution in [3.63, 3.8) is 0 Å². The summed E-state index contributed by atoms with van der Waals surface area (Å²) in [6.45, 7) is 4.31. The second-order valence-corrected chi connectivity index (χ2v) is 10.7. The maximum atomic E-state index is 13.5. The van der Waals surface area contributed by atoms with Crippen LogP contribution in [0.5, 0.6) is 17.2 Å². The Labute approximate surface area is 240 Å². The number of hydrogen-bond acceptors (Lipinski definition) is 9. The largest absolute Gasteiger partial charge is 0.493 e. The van der Waals surface area contributed by atoms with Gasteiger partial charge in [-0.2, -0.15) is 0 Å². The van der Waals surface area contributed by atoms with Gasteiger partial charge in [0.25, 0.3) is 0 Å². The number of likely N-dealkylation sites (tertiary alicyclic amines) is 1. The van der Waals surface area contributed by atoms with Gasteiger partial charge in [0.1, 0.15) is 0 Å². The molecule has 0 aromatic heterocycles. The lowest BCUT2D eigenvalue weighted by molar-refractivity contribution is -0.143. The van der Waals surface area contributed by atoms with Crippen molar-refractivity contribution in [2.45, 2.75) is 44.6 Å². The number of benzene rings is 1. The lowest BCUT2D eigenvalue weighted by Gasteiger charge is -2.34. The predicted octanol–water partition coefficient (Wildman–Crippen LogP) is 1.15. The number of carbonyl (C=O) groups excluding carboxylic acids is 3. The zero-order valence-electron chi connectivity index (χ0n) is 24.0. The molecule has 2 fully saturated rings. The molecule has 3 heterocycles. The van der Waals surface area contributed by atoms with E-state index in [1.165, 1.54) is 14.2 Å². The average Bonchev–Trinajstić information content (AvgIpc) is 3.57. The van der Waals surface area contributed by atoms with Gasteiger partial charge in [-0.15, -0.1) is 0 Å². The van der Waals surface area contributed by atoms with E-state index in [0.717, 1.165) is 17.7 Å². The maximum absolute atomic E-state index is 13.5. The van der Waals surface area contributed by atoms with Crippen LogP contribution >= 0.6 is 0 Å². The first-order valence-corrected chi connectivity index (χ1v) is 14.2. The third-order valence-electron chi connectivity index (χ3n) is 8.24. The standard InChI is InChI=1S/C28H41N5O8/c1-4-5-9-31(12-8-29)24(35)16-33-15-19(18-13-21(39-3)26-22(14-18)40-17-41-26)25(27(36)37)20(33)6-10-32-11-7-23(34)30(2)28(32)38/h13-14,19-20,25H,4-12,15-17,29H2,1-3H3,(H,36,37)/t19-,20+,25?/m1/s1. The molecular formula is C28H41N5O8. The first-order chi connectivity index (χ1) is 19.7. The van der Waals surface area contributed by atoms with E-state index in [2.05, 4.69) is 6.92 Å². The molecule has 3 aliphatic heterocycles. The number of carbonyl (C=O) groups is 4. The highest BCUT2D eigenvalue weighted by molar-refractivity contribution is 5.96. The fourth-order valence-corrected chi connectivity index (χ4v) is 6.00. The van der Waals surface area contributed by atoms with Gasteiger partial charge in [-0.3, -0.25) is 24.2 Å². The zero-order valence-corrected chi connectivity index (χ0v) is 24.0. The Morgan fingerprint density at radius 2 is 2.00 bits per heavy atom. The summed E-state index contributed by atoms with van der Waals surface area (Å²) < 4.78 is 16.6. The van der Waals surface area contributed by atoms with E-state index in [1.54, 1.807) is 21.9 Å². The molecule has 1 aromatic rings. The minimum absolute atomic E-state index is 0.0304. The Hall–Kier alpha value is -3.58. The van der Waals surface area contributed by atoms with Gasteiger partial charge >= 0.3 is 12.0 Å². The second-order valence-electron chi connectivity index (χ2n) is 10.7. The van der Waals surface area contributed by atoms with Crippen molar-refractivity contribution in [2.24, 2.45) is 11.7 Å². The van der Waals surface area contributed by atoms with Gasteiger partial charge in [0.05, 0.1) is 19.6 Å². The van der Waals surface area contributed by atoms with Crippen molar-refractivity contribution in [3.05, 3.63) is 17.7 Å². The second kappa shape index (κ2) is 13.4. The van der Waals surface area contributed by atoms with E-state index in [1.807, 2.05) is 4.90 Å². The number of amides is 4. The molecule has 2 saturated heterocycles. The van der Waals surface area contributed by atoms with Crippen LogP contribution in [0, 0.1) is 5.92 Å². The molecule has 3 N–H and O–H groups in total. The van der Waals surface area contributed by atoms with Crippen molar-refractivity contribution < 1.29 is 38.5 Å². The van der Waals surface area contributed by atoms with Gasteiger partial charge in [0.2, 0.25) is 24.4 Å². The molecule has 0 saturated carbocycles. The molecule has 0 radical (unpaired) electrons. The SMILES string of the molecule is CCCCN(CCN)C(=O)CN1C[C@H](c2cc(OC)c3c(c2)OCO3)C(C(=O)O)[C@@H]1CCN1CCC(=O)N(C)C1=O. The van der Waals surface area contributed by atoms with Crippen molar-refractivity contribution >= 4 is 23.8 Å². The molecule has 0 aliphatic carbocycles. The highest BCUT2D eigenvalue weighted by Crippen LogP contribution is 2.47. The minimum Gasteiger partial charge on any atom is -0.493 e. The van der Waals surface area contributed by atoms with Crippen molar-refractivity contribution in [1.82, 2.24) is 19.6 Å². The fraction of sp³-hybridized carbons (Fsp3) is 0.643. The summed E-state index contributed by atoms with van der Waals surface area (Å²) in [5, 5.41) is 10.5. The van der Waals surface area contributed by atoms with Crippen LogP contribution in [-0.2, 0) is 14.4 Å². The molecule has 3 aliphatic rings. The number of nitrogens with zero attached hydrogens (tertiary/aromatic N) is 4. The highest BCUT2D eigenvalue weighted by atomic mass is 16.7. The quantitative estimate of drug-likeness (QED) is 0.350. The molecular weight excluding hydrogens is 534 g/mol. The number of rotatable bonds is 13. The van der Waals surface area contributed by atoms with Crippen LogP contribution < -0.4 is 19.9 Å². The molecule has 4 amide bonds. The summed E-state index contributed by atoms with van der Waals surface area (Å²) in [4.78, 5) is 57.3. The van der Waals surface area contributed by atoms with Crippen LogP contribution in [0.15, 0.2) is 12.1 Å².